The summed E-state index contributed by atoms with van der Waals surface area (Å²) < 4.78 is 1.51. The maximum absolute atomic E-state index is 10.7. The lowest BCUT2D eigenvalue weighted by Crippen LogP contribution is -2.44. The van der Waals surface area contributed by atoms with Crippen molar-refractivity contribution in [2.45, 2.75) is 19.9 Å². The number of aromatic hydroxyl groups is 1. The Hall–Kier alpha value is -1.58. The topological polar surface area (TPSA) is 61.4 Å². The summed E-state index contributed by atoms with van der Waals surface area (Å²) in [5.74, 6) is -0.850. The molecule has 2 N–H and O–H groups in total. The quantitative estimate of drug-likeness (QED) is 0.659. The average molecular weight is 182 g/mol. The van der Waals surface area contributed by atoms with E-state index in [-0.39, 0.29) is 5.75 Å². The second-order valence-electron chi connectivity index (χ2n) is 2.95. The number of carboxylic acids is 1. The molecule has 0 aliphatic heterocycles. The first-order chi connectivity index (χ1) is 6.02. The molecule has 1 aromatic heterocycles. The normalized spacial score (nSPS) is 12.5. The SMILES string of the molecule is Cc1ccc(O)c[n+]1C(C)C(=O)O. The molecular weight excluding hydrogens is 170 g/mol. The van der Waals surface area contributed by atoms with Crippen LogP contribution in [-0.4, -0.2) is 16.2 Å². The molecule has 0 bridgehead atoms. The maximum Gasteiger partial charge on any atom is 0.373 e. The molecule has 4 nitrogen and oxygen atoms in total. The van der Waals surface area contributed by atoms with Gasteiger partial charge in [-0.25, -0.2) is 4.79 Å². The highest BCUT2D eigenvalue weighted by atomic mass is 16.4. The van der Waals surface area contributed by atoms with E-state index < -0.39 is 12.0 Å². The Bertz CT molecular complexity index is 336. The number of carbonyl (C=O) groups is 1. The van der Waals surface area contributed by atoms with Gasteiger partial charge >= 0.3 is 5.97 Å². The molecule has 0 radical (unpaired) electrons. The van der Waals surface area contributed by atoms with Crippen molar-refractivity contribution >= 4 is 5.97 Å². The number of hydrogen-bond acceptors (Lipinski definition) is 2. The van der Waals surface area contributed by atoms with Crippen molar-refractivity contribution in [2.75, 3.05) is 0 Å². The van der Waals surface area contributed by atoms with Gasteiger partial charge in [0.05, 0.1) is 0 Å². The van der Waals surface area contributed by atoms with E-state index in [0.717, 1.165) is 5.69 Å². The van der Waals surface area contributed by atoms with Crippen LogP contribution in [0.25, 0.3) is 0 Å². The van der Waals surface area contributed by atoms with Crippen molar-refractivity contribution in [1.29, 1.82) is 0 Å². The minimum absolute atomic E-state index is 0.0682. The van der Waals surface area contributed by atoms with E-state index in [4.69, 9.17) is 10.2 Å². The van der Waals surface area contributed by atoms with Crippen LogP contribution < -0.4 is 4.57 Å². The molecule has 0 amide bonds. The molecule has 1 unspecified atom stereocenters. The molecule has 4 heteroatoms. The first-order valence-electron chi connectivity index (χ1n) is 3.96. The van der Waals surface area contributed by atoms with E-state index in [2.05, 4.69) is 0 Å². The maximum atomic E-state index is 10.7. The summed E-state index contributed by atoms with van der Waals surface area (Å²) in [7, 11) is 0. The van der Waals surface area contributed by atoms with Crippen molar-refractivity contribution < 1.29 is 19.6 Å². The number of aromatic nitrogens is 1. The summed E-state index contributed by atoms with van der Waals surface area (Å²) in [4.78, 5) is 10.7. The molecule has 0 aliphatic carbocycles. The minimum atomic E-state index is -0.918. The van der Waals surface area contributed by atoms with Gasteiger partial charge in [0.25, 0.3) is 6.04 Å². The summed E-state index contributed by atoms with van der Waals surface area (Å²) in [5.41, 5.74) is 0.799. The number of nitrogens with zero attached hydrogens (tertiary/aromatic N) is 1. The van der Waals surface area contributed by atoms with Gasteiger partial charge < -0.3 is 10.2 Å². The van der Waals surface area contributed by atoms with Gasteiger partial charge in [0.2, 0.25) is 6.20 Å². The van der Waals surface area contributed by atoms with Gasteiger partial charge in [0, 0.05) is 19.9 Å². The van der Waals surface area contributed by atoms with Gasteiger partial charge in [-0.05, 0) is 6.07 Å². The van der Waals surface area contributed by atoms with E-state index in [1.54, 1.807) is 19.9 Å². The zero-order valence-corrected chi connectivity index (χ0v) is 7.56. The molecule has 0 aliphatic rings. The molecule has 13 heavy (non-hydrogen) atoms. The summed E-state index contributed by atoms with van der Waals surface area (Å²) in [6, 6.07) is 2.54. The van der Waals surface area contributed by atoms with Gasteiger partial charge in [-0.2, -0.15) is 4.57 Å². The number of carboxylic acid groups (broad SMARTS) is 1. The third-order valence-corrected chi connectivity index (χ3v) is 1.95. The number of rotatable bonds is 2. The van der Waals surface area contributed by atoms with Crippen molar-refractivity contribution in [3.05, 3.63) is 24.0 Å². The fourth-order valence-electron chi connectivity index (χ4n) is 1.12. The molecule has 1 aromatic rings. The standard InChI is InChI=1S/C9H11NO3/c1-6-3-4-8(11)5-10(6)7(2)9(12)13/h3-5,7H,1-2H3,(H-,11,12,13)/p+1. The second-order valence-corrected chi connectivity index (χ2v) is 2.95. The summed E-state index contributed by atoms with van der Waals surface area (Å²) in [6.45, 7) is 3.35. The van der Waals surface area contributed by atoms with Crippen LogP contribution in [0.5, 0.6) is 5.75 Å². The Kier molecular flexibility index (Phi) is 2.51. The second kappa shape index (κ2) is 3.43. The van der Waals surface area contributed by atoms with Crippen LogP contribution in [0.2, 0.25) is 0 Å². The van der Waals surface area contributed by atoms with Crippen LogP contribution in [0.4, 0.5) is 0 Å². The van der Waals surface area contributed by atoms with Gasteiger partial charge in [0.15, 0.2) is 11.4 Å². The van der Waals surface area contributed by atoms with Crippen LogP contribution in [0.3, 0.4) is 0 Å². The van der Waals surface area contributed by atoms with E-state index in [9.17, 15) is 4.79 Å². The predicted octanol–water partition coefficient (Wildman–Crippen LogP) is 0.634. The molecule has 0 saturated carbocycles. The van der Waals surface area contributed by atoms with Gasteiger partial charge in [-0.3, -0.25) is 0 Å². The molecule has 70 valence electrons. The molecule has 0 fully saturated rings. The van der Waals surface area contributed by atoms with E-state index in [1.807, 2.05) is 0 Å². The lowest BCUT2D eigenvalue weighted by Gasteiger charge is -2.04. The Morgan fingerprint density at radius 1 is 1.54 bits per heavy atom. The Balaban J connectivity index is 3.12. The third kappa shape index (κ3) is 1.96. The highest BCUT2D eigenvalue weighted by Crippen LogP contribution is 2.07. The Labute approximate surface area is 76.1 Å². The fourth-order valence-corrected chi connectivity index (χ4v) is 1.12. The predicted molar refractivity (Wildman–Crippen MR) is 45.4 cm³/mol. The zero-order valence-electron chi connectivity index (χ0n) is 7.56. The molecular formula is C9H12NO3+. The molecule has 0 saturated heterocycles. The summed E-state index contributed by atoms with van der Waals surface area (Å²) in [6.07, 6.45) is 1.41. The third-order valence-electron chi connectivity index (χ3n) is 1.95. The van der Waals surface area contributed by atoms with Crippen molar-refractivity contribution in [2.24, 2.45) is 0 Å². The van der Waals surface area contributed by atoms with Crippen LogP contribution >= 0.6 is 0 Å². The summed E-state index contributed by atoms with van der Waals surface area (Å²) in [5, 5.41) is 17.9. The molecule has 1 atom stereocenters. The van der Waals surface area contributed by atoms with Crippen molar-refractivity contribution in [3.63, 3.8) is 0 Å². The van der Waals surface area contributed by atoms with Crippen LogP contribution in [0, 0.1) is 6.92 Å². The Morgan fingerprint density at radius 3 is 2.69 bits per heavy atom. The van der Waals surface area contributed by atoms with Gasteiger partial charge in [-0.1, -0.05) is 0 Å². The molecule has 1 heterocycles. The highest BCUT2D eigenvalue weighted by Gasteiger charge is 2.23. The first kappa shape index (κ1) is 9.51. The number of pyridine rings is 1. The van der Waals surface area contributed by atoms with Crippen LogP contribution in [-0.2, 0) is 4.79 Å². The number of aryl methyl sites for hydroxylation is 1. The van der Waals surface area contributed by atoms with E-state index in [1.165, 1.54) is 16.8 Å². The van der Waals surface area contributed by atoms with Gasteiger partial charge in [0.1, 0.15) is 0 Å². The zero-order chi connectivity index (χ0) is 10.0. The van der Waals surface area contributed by atoms with Crippen LogP contribution in [0.15, 0.2) is 18.3 Å². The molecule has 1 rings (SSSR count). The molecule has 0 spiro atoms. The van der Waals surface area contributed by atoms with Crippen molar-refractivity contribution in [1.82, 2.24) is 0 Å². The largest absolute Gasteiger partial charge is 0.503 e. The number of hydrogen-bond donors (Lipinski definition) is 2. The Morgan fingerprint density at radius 2 is 2.15 bits per heavy atom. The molecule has 0 aromatic carbocycles. The smallest absolute Gasteiger partial charge is 0.373 e. The van der Waals surface area contributed by atoms with Gasteiger partial charge in [-0.15, -0.1) is 0 Å². The minimum Gasteiger partial charge on any atom is -0.503 e. The fraction of sp³-hybridized carbons (Fsp3) is 0.333. The lowest BCUT2D eigenvalue weighted by atomic mass is 10.2. The number of aliphatic carboxylic acids is 1. The lowest BCUT2D eigenvalue weighted by molar-refractivity contribution is -0.713. The van der Waals surface area contributed by atoms with Crippen molar-refractivity contribution in [3.8, 4) is 5.75 Å². The van der Waals surface area contributed by atoms with E-state index >= 15 is 0 Å². The monoisotopic (exact) mass is 182 g/mol. The average Bonchev–Trinajstić information content (AvgIpc) is 2.08. The van der Waals surface area contributed by atoms with Crippen LogP contribution in [0.1, 0.15) is 18.7 Å². The summed E-state index contributed by atoms with van der Waals surface area (Å²) >= 11 is 0. The highest BCUT2D eigenvalue weighted by molar-refractivity contribution is 5.69. The van der Waals surface area contributed by atoms with E-state index in [0.29, 0.717) is 0 Å². The first-order valence-corrected chi connectivity index (χ1v) is 3.96.